The molecule has 0 aliphatic heterocycles. The van der Waals surface area contributed by atoms with Crippen LogP contribution in [0.4, 0.5) is 5.69 Å². The normalized spacial score (nSPS) is 10.4. The van der Waals surface area contributed by atoms with E-state index in [1.165, 1.54) is 16.7 Å². The van der Waals surface area contributed by atoms with Crippen molar-refractivity contribution in [3.63, 3.8) is 0 Å². The minimum atomic E-state index is 0.640. The van der Waals surface area contributed by atoms with Crippen molar-refractivity contribution in [1.29, 1.82) is 0 Å². The maximum Gasteiger partial charge on any atom is 0.174 e. The standard InChI is InChI=1S/C25H28N2OS/c1-4-28-24-13-9-8-12-22(24)18-27(17-21-10-6-5-7-11-21)25(29)26-23-15-14-19(2)16-20(23)3/h5-16H,4,17-18H2,1-3H3,(H,26,29). The topological polar surface area (TPSA) is 24.5 Å². The molecule has 0 aliphatic rings. The average Bonchev–Trinajstić information content (AvgIpc) is 2.72. The second kappa shape index (κ2) is 10.1. The Morgan fingerprint density at radius 1 is 0.931 bits per heavy atom. The number of nitrogens with zero attached hydrogens (tertiary/aromatic N) is 1. The highest BCUT2D eigenvalue weighted by atomic mass is 32.1. The van der Waals surface area contributed by atoms with Gasteiger partial charge in [0.05, 0.1) is 6.61 Å². The summed E-state index contributed by atoms with van der Waals surface area (Å²) in [7, 11) is 0. The summed E-state index contributed by atoms with van der Waals surface area (Å²) in [5.74, 6) is 0.905. The zero-order chi connectivity index (χ0) is 20.6. The van der Waals surface area contributed by atoms with Gasteiger partial charge in [0.25, 0.3) is 0 Å². The number of nitrogens with one attached hydrogen (secondary N) is 1. The number of anilines is 1. The fraction of sp³-hybridized carbons (Fsp3) is 0.240. The van der Waals surface area contributed by atoms with Gasteiger partial charge in [0.2, 0.25) is 0 Å². The molecule has 150 valence electrons. The van der Waals surface area contributed by atoms with Crippen molar-refractivity contribution in [3.05, 3.63) is 95.1 Å². The molecule has 0 saturated carbocycles. The van der Waals surface area contributed by atoms with Crippen molar-refractivity contribution < 1.29 is 4.74 Å². The van der Waals surface area contributed by atoms with Crippen molar-refractivity contribution in [2.75, 3.05) is 11.9 Å². The van der Waals surface area contributed by atoms with Crippen LogP contribution in [0.2, 0.25) is 0 Å². The van der Waals surface area contributed by atoms with Gasteiger partial charge in [-0.2, -0.15) is 0 Å². The zero-order valence-electron chi connectivity index (χ0n) is 17.3. The van der Waals surface area contributed by atoms with E-state index >= 15 is 0 Å². The molecule has 0 aromatic heterocycles. The fourth-order valence-corrected chi connectivity index (χ4v) is 3.53. The predicted molar refractivity (Wildman–Crippen MR) is 125 cm³/mol. The smallest absolute Gasteiger partial charge is 0.174 e. The monoisotopic (exact) mass is 404 g/mol. The summed E-state index contributed by atoms with van der Waals surface area (Å²) in [5.41, 5.74) is 5.80. The lowest BCUT2D eigenvalue weighted by molar-refractivity contribution is 0.327. The molecule has 0 radical (unpaired) electrons. The van der Waals surface area contributed by atoms with Gasteiger partial charge in [-0.25, -0.2) is 0 Å². The number of benzene rings is 3. The van der Waals surface area contributed by atoms with Gasteiger partial charge in [0, 0.05) is 24.3 Å². The number of hydrogen-bond acceptors (Lipinski definition) is 2. The largest absolute Gasteiger partial charge is 0.494 e. The molecule has 0 saturated heterocycles. The second-order valence-corrected chi connectivity index (χ2v) is 7.52. The summed E-state index contributed by atoms with van der Waals surface area (Å²) in [6, 6.07) is 24.9. The average molecular weight is 405 g/mol. The quantitative estimate of drug-likeness (QED) is 0.481. The van der Waals surface area contributed by atoms with Crippen LogP contribution in [-0.2, 0) is 13.1 Å². The molecule has 0 heterocycles. The van der Waals surface area contributed by atoms with Crippen LogP contribution < -0.4 is 10.1 Å². The van der Waals surface area contributed by atoms with Crippen molar-refractivity contribution in [3.8, 4) is 5.75 Å². The minimum Gasteiger partial charge on any atom is -0.494 e. The molecular formula is C25H28N2OS. The number of thiocarbonyl (C=S) groups is 1. The molecule has 0 spiro atoms. The van der Waals surface area contributed by atoms with E-state index in [0.717, 1.165) is 23.5 Å². The van der Waals surface area contributed by atoms with Gasteiger partial charge in [0.1, 0.15) is 5.75 Å². The van der Waals surface area contributed by atoms with Crippen molar-refractivity contribution >= 4 is 23.0 Å². The number of para-hydroxylation sites is 1. The van der Waals surface area contributed by atoms with Crippen LogP contribution in [-0.4, -0.2) is 16.6 Å². The lowest BCUT2D eigenvalue weighted by Gasteiger charge is -2.27. The lowest BCUT2D eigenvalue weighted by atomic mass is 10.1. The minimum absolute atomic E-state index is 0.640. The number of rotatable bonds is 7. The molecule has 29 heavy (non-hydrogen) atoms. The Hall–Kier alpha value is -2.85. The molecule has 0 atom stereocenters. The first kappa shape index (κ1) is 20.9. The van der Waals surface area contributed by atoms with Crippen molar-refractivity contribution in [2.45, 2.75) is 33.9 Å². The van der Waals surface area contributed by atoms with E-state index in [2.05, 4.69) is 72.6 Å². The first-order chi connectivity index (χ1) is 14.1. The van der Waals surface area contributed by atoms with Crippen LogP contribution in [0.25, 0.3) is 0 Å². The van der Waals surface area contributed by atoms with Gasteiger partial charge in [-0.1, -0.05) is 66.2 Å². The number of hydrogen-bond donors (Lipinski definition) is 1. The highest BCUT2D eigenvalue weighted by Gasteiger charge is 2.15. The molecule has 0 unspecified atom stereocenters. The van der Waals surface area contributed by atoms with Crippen LogP contribution in [0.1, 0.15) is 29.2 Å². The van der Waals surface area contributed by atoms with Crippen molar-refractivity contribution in [2.24, 2.45) is 0 Å². The predicted octanol–water partition coefficient (Wildman–Crippen LogP) is 6.10. The summed E-state index contributed by atoms with van der Waals surface area (Å²) in [4.78, 5) is 2.18. The summed E-state index contributed by atoms with van der Waals surface area (Å²) in [5, 5.41) is 4.15. The number of aryl methyl sites for hydroxylation is 2. The third kappa shape index (κ3) is 5.81. The van der Waals surface area contributed by atoms with Crippen LogP contribution in [0, 0.1) is 13.8 Å². The Morgan fingerprint density at radius 3 is 2.38 bits per heavy atom. The van der Waals surface area contributed by atoms with E-state index in [1.807, 2.05) is 31.2 Å². The highest BCUT2D eigenvalue weighted by molar-refractivity contribution is 7.80. The van der Waals surface area contributed by atoms with E-state index in [0.29, 0.717) is 18.3 Å². The SMILES string of the molecule is CCOc1ccccc1CN(Cc1ccccc1)C(=S)Nc1ccc(C)cc1C. The summed E-state index contributed by atoms with van der Waals surface area (Å²) in [6.45, 7) is 8.23. The van der Waals surface area contributed by atoms with E-state index in [9.17, 15) is 0 Å². The third-order valence-electron chi connectivity index (χ3n) is 4.76. The molecule has 3 aromatic rings. The molecule has 0 aliphatic carbocycles. The van der Waals surface area contributed by atoms with Crippen LogP contribution >= 0.6 is 12.2 Å². The van der Waals surface area contributed by atoms with Gasteiger partial charge >= 0.3 is 0 Å². The molecule has 0 bridgehead atoms. The zero-order valence-corrected chi connectivity index (χ0v) is 18.1. The molecule has 3 rings (SSSR count). The van der Waals surface area contributed by atoms with E-state index in [1.54, 1.807) is 0 Å². The lowest BCUT2D eigenvalue weighted by Crippen LogP contribution is -2.34. The van der Waals surface area contributed by atoms with Crippen LogP contribution in [0.3, 0.4) is 0 Å². The maximum atomic E-state index is 5.83. The molecule has 0 fully saturated rings. The fourth-order valence-electron chi connectivity index (χ4n) is 3.29. The Labute approximate surface area is 179 Å². The first-order valence-corrected chi connectivity index (χ1v) is 10.4. The Morgan fingerprint density at radius 2 is 1.66 bits per heavy atom. The molecular weight excluding hydrogens is 376 g/mol. The third-order valence-corrected chi connectivity index (χ3v) is 5.12. The van der Waals surface area contributed by atoms with E-state index in [4.69, 9.17) is 17.0 Å². The van der Waals surface area contributed by atoms with Gasteiger partial charge in [-0.3, -0.25) is 0 Å². The van der Waals surface area contributed by atoms with Gasteiger partial charge in [0.15, 0.2) is 5.11 Å². The van der Waals surface area contributed by atoms with E-state index < -0.39 is 0 Å². The highest BCUT2D eigenvalue weighted by Crippen LogP contribution is 2.23. The summed E-state index contributed by atoms with van der Waals surface area (Å²) in [6.07, 6.45) is 0. The van der Waals surface area contributed by atoms with Gasteiger partial charge < -0.3 is 15.0 Å². The molecule has 1 N–H and O–H groups in total. The molecule has 3 nitrogen and oxygen atoms in total. The molecule has 4 heteroatoms. The number of ether oxygens (including phenoxy) is 1. The molecule has 3 aromatic carbocycles. The van der Waals surface area contributed by atoms with Crippen molar-refractivity contribution in [1.82, 2.24) is 4.90 Å². The Balaban J connectivity index is 1.85. The summed E-state index contributed by atoms with van der Waals surface area (Å²) >= 11 is 5.83. The second-order valence-electron chi connectivity index (χ2n) is 7.13. The first-order valence-electron chi connectivity index (χ1n) is 9.94. The Kier molecular flexibility index (Phi) is 7.25. The van der Waals surface area contributed by atoms with Crippen LogP contribution in [0.15, 0.2) is 72.8 Å². The van der Waals surface area contributed by atoms with E-state index in [-0.39, 0.29) is 0 Å². The summed E-state index contributed by atoms with van der Waals surface area (Å²) < 4.78 is 5.83. The maximum absolute atomic E-state index is 5.83. The van der Waals surface area contributed by atoms with Crippen LogP contribution in [0.5, 0.6) is 5.75 Å². The molecule has 0 amide bonds. The van der Waals surface area contributed by atoms with Gasteiger partial charge in [-0.15, -0.1) is 0 Å². The Bertz CT molecular complexity index is 956. The van der Waals surface area contributed by atoms with Gasteiger partial charge in [-0.05, 0) is 56.2 Å².